The minimum atomic E-state index is -0.233. The molecule has 1 N–H and O–H groups in total. The van der Waals surface area contributed by atoms with Crippen molar-refractivity contribution in [2.75, 3.05) is 6.54 Å². The first-order valence-corrected chi connectivity index (χ1v) is 7.21. The highest BCUT2D eigenvalue weighted by atomic mass is 19.1. The van der Waals surface area contributed by atoms with Gasteiger partial charge in [0.2, 0.25) is 5.88 Å². The van der Waals surface area contributed by atoms with Crippen molar-refractivity contribution in [1.29, 1.82) is 0 Å². The predicted octanol–water partition coefficient (Wildman–Crippen LogP) is 4.13. The highest BCUT2D eigenvalue weighted by Crippen LogP contribution is 2.23. The van der Waals surface area contributed by atoms with Gasteiger partial charge in [0.15, 0.2) is 0 Å². The first kappa shape index (κ1) is 15.4. The van der Waals surface area contributed by atoms with Gasteiger partial charge in [-0.3, -0.25) is 0 Å². The largest absolute Gasteiger partial charge is 0.439 e. The number of ether oxygens (including phenoxy) is 1. The van der Waals surface area contributed by atoms with Crippen molar-refractivity contribution < 1.29 is 9.13 Å². The minimum Gasteiger partial charge on any atom is -0.439 e. The molecule has 112 valence electrons. The fourth-order valence-corrected chi connectivity index (χ4v) is 2.01. The van der Waals surface area contributed by atoms with E-state index in [0.717, 1.165) is 30.8 Å². The summed E-state index contributed by atoms with van der Waals surface area (Å²) in [6.07, 6.45) is 1.11. The van der Waals surface area contributed by atoms with Crippen LogP contribution in [0.2, 0.25) is 0 Å². The van der Waals surface area contributed by atoms with Gasteiger partial charge >= 0.3 is 0 Å². The lowest BCUT2D eigenvalue weighted by atomic mass is 10.2. The van der Waals surface area contributed by atoms with E-state index in [0.29, 0.717) is 17.2 Å². The van der Waals surface area contributed by atoms with Crippen molar-refractivity contribution in [3.63, 3.8) is 0 Å². The van der Waals surface area contributed by atoms with Crippen LogP contribution in [0.25, 0.3) is 0 Å². The quantitative estimate of drug-likeness (QED) is 0.812. The van der Waals surface area contributed by atoms with Crippen LogP contribution in [0, 0.1) is 19.7 Å². The van der Waals surface area contributed by atoms with Crippen LogP contribution < -0.4 is 10.1 Å². The smallest absolute Gasteiger partial charge is 0.219 e. The number of nitrogens with one attached hydrogen (secondary N) is 1. The van der Waals surface area contributed by atoms with Crippen LogP contribution in [-0.4, -0.2) is 11.5 Å². The number of halogens is 1. The van der Waals surface area contributed by atoms with Gasteiger partial charge in [-0.05, 0) is 56.1 Å². The molecule has 2 rings (SSSR count). The molecule has 0 aliphatic carbocycles. The summed E-state index contributed by atoms with van der Waals surface area (Å²) >= 11 is 0. The third-order valence-electron chi connectivity index (χ3n) is 3.26. The fraction of sp³-hybridized carbons (Fsp3) is 0.353. The second-order valence-electron chi connectivity index (χ2n) is 5.08. The molecule has 0 saturated heterocycles. The number of aryl methyl sites for hydroxylation is 2. The lowest BCUT2D eigenvalue weighted by Crippen LogP contribution is -2.15. The minimum absolute atomic E-state index is 0.233. The summed E-state index contributed by atoms with van der Waals surface area (Å²) in [6.45, 7) is 7.62. The van der Waals surface area contributed by atoms with Gasteiger partial charge in [0.05, 0.1) is 0 Å². The molecule has 4 heteroatoms. The molecule has 0 saturated carbocycles. The van der Waals surface area contributed by atoms with Gasteiger partial charge < -0.3 is 10.1 Å². The summed E-state index contributed by atoms with van der Waals surface area (Å²) in [5, 5.41) is 3.35. The van der Waals surface area contributed by atoms with Gasteiger partial charge in [0.25, 0.3) is 0 Å². The zero-order valence-electron chi connectivity index (χ0n) is 12.7. The number of aromatic nitrogens is 1. The number of pyridine rings is 1. The van der Waals surface area contributed by atoms with Gasteiger partial charge in [-0.25, -0.2) is 9.37 Å². The van der Waals surface area contributed by atoms with Gasteiger partial charge in [0, 0.05) is 18.3 Å². The second-order valence-corrected chi connectivity index (χ2v) is 5.08. The Balaban J connectivity index is 2.07. The SMILES string of the molecule is CCCNCc1ccc(Oc2ccc(F)c(C)c2)nc1C. The molecule has 0 fully saturated rings. The van der Waals surface area contributed by atoms with Crippen LogP contribution in [0.4, 0.5) is 4.39 Å². The summed E-state index contributed by atoms with van der Waals surface area (Å²) in [5.41, 5.74) is 2.66. The van der Waals surface area contributed by atoms with Crippen molar-refractivity contribution in [3.8, 4) is 11.6 Å². The third kappa shape index (κ3) is 4.26. The molecule has 0 radical (unpaired) electrons. The molecule has 1 aromatic heterocycles. The van der Waals surface area contributed by atoms with Gasteiger partial charge in [-0.1, -0.05) is 13.0 Å². The Hall–Kier alpha value is -1.94. The predicted molar refractivity (Wildman–Crippen MR) is 82.2 cm³/mol. The first-order chi connectivity index (χ1) is 10.1. The van der Waals surface area contributed by atoms with Crippen LogP contribution >= 0.6 is 0 Å². The van der Waals surface area contributed by atoms with Crippen LogP contribution in [0.5, 0.6) is 11.6 Å². The maximum Gasteiger partial charge on any atom is 0.219 e. The number of nitrogens with zero attached hydrogens (tertiary/aromatic N) is 1. The van der Waals surface area contributed by atoms with Gasteiger partial charge in [-0.2, -0.15) is 0 Å². The second kappa shape index (κ2) is 7.18. The van der Waals surface area contributed by atoms with Crippen molar-refractivity contribution in [1.82, 2.24) is 10.3 Å². The molecule has 0 spiro atoms. The Bertz CT molecular complexity index is 614. The molecule has 0 amide bonds. The van der Waals surface area contributed by atoms with Crippen LogP contribution in [0.15, 0.2) is 30.3 Å². The van der Waals surface area contributed by atoms with Crippen molar-refractivity contribution in [2.24, 2.45) is 0 Å². The first-order valence-electron chi connectivity index (χ1n) is 7.21. The van der Waals surface area contributed by atoms with Gasteiger partial charge in [0.1, 0.15) is 11.6 Å². The fourth-order valence-electron chi connectivity index (χ4n) is 2.01. The van der Waals surface area contributed by atoms with E-state index in [1.807, 2.05) is 19.1 Å². The van der Waals surface area contributed by atoms with Crippen LogP contribution in [0.1, 0.15) is 30.2 Å². The molecule has 0 aliphatic heterocycles. The van der Waals surface area contributed by atoms with E-state index in [2.05, 4.69) is 17.2 Å². The lowest BCUT2D eigenvalue weighted by Gasteiger charge is -2.10. The molecule has 0 bridgehead atoms. The monoisotopic (exact) mass is 288 g/mol. The molecular formula is C17H21FN2O. The molecule has 0 unspecified atom stereocenters. The van der Waals surface area contributed by atoms with Gasteiger partial charge in [-0.15, -0.1) is 0 Å². The summed E-state index contributed by atoms with van der Waals surface area (Å²) in [5.74, 6) is 0.888. The lowest BCUT2D eigenvalue weighted by molar-refractivity contribution is 0.458. The normalized spacial score (nSPS) is 10.7. The molecule has 1 aromatic carbocycles. The number of benzene rings is 1. The maximum atomic E-state index is 13.2. The zero-order valence-corrected chi connectivity index (χ0v) is 12.7. The van der Waals surface area contributed by atoms with E-state index in [9.17, 15) is 4.39 Å². The number of hydrogen-bond acceptors (Lipinski definition) is 3. The Morgan fingerprint density at radius 3 is 2.67 bits per heavy atom. The summed E-state index contributed by atoms with van der Waals surface area (Å²) in [7, 11) is 0. The zero-order chi connectivity index (χ0) is 15.2. The van der Waals surface area contributed by atoms with E-state index in [1.165, 1.54) is 6.07 Å². The Labute approximate surface area is 125 Å². The Kier molecular flexibility index (Phi) is 5.28. The van der Waals surface area contributed by atoms with Crippen LogP contribution in [-0.2, 0) is 6.54 Å². The molecule has 2 aromatic rings. The summed E-state index contributed by atoms with van der Waals surface area (Å²) in [4.78, 5) is 4.44. The average Bonchev–Trinajstić information content (AvgIpc) is 2.45. The Morgan fingerprint density at radius 2 is 2.00 bits per heavy atom. The maximum absolute atomic E-state index is 13.2. The van der Waals surface area contributed by atoms with Crippen molar-refractivity contribution in [3.05, 3.63) is 53.0 Å². The number of hydrogen-bond donors (Lipinski definition) is 1. The van der Waals surface area contributed by atoms with E-state index >= 15 is 0 Å². The molecular weight excluding hydrogens is 267 g/mol. The molecule has 0 atom stereocenters. The molecule has 3 nitrogen and oxygen atoms in total. The standard InChI is InChI=1S/C17H21FN2O/c1-4-9-19-11-14-5-8-17(20-13(14)3)21-15-6-7-16(18)12(2)10-15/h5-8,10,19H,4,9,11H2,1-3H3. The van der Waals surface area contributed by atoms with E-state index in [4.69, 9.17) is 4.74 Å². The average molecular weight is 288 g/mol. The molecule has 1 heterocycles. The molecule has 0 aliphatic rings. The van der Waals surface area contributed by atoms with E-state index in [-0.39, 0.29) is 5.82 Å². The summed E-state index contributed by atoms with van der Waals surface area (Å²) < 4.78 is 18.9. The Morgan fingerprint density at radius 1 is 1.19 bits per heavy atom. The van der Waals surface area contributed by atoms with Crippen molar-refractivity contribution in [2.45, 2.75) is 33.7 Å². The molecule has 21 heavy (non-hydrogen) atoms. The van der Waals surface area contributed by atoms with Crippen LogP contribution in [0.3, 0.4) is 0 Å². The highest BCUT2D eigenvalue weighted by molar-refractivity contribution is 5.33. The summed E-state index contributed by atoms with van der Waals surface area (Å²) in [6, 6.07) is 8.53. The number of rotatable bonds is 6. The third-order valence-corrected chi connectivity index (χ3v) is 3.26. The topological polar surface area (TPSA) is 34.1 Å². The van der Waals surface area contributed by atoms with E-state index < -0.39 is 0 Å². The van der Waals surface area contributed by atoms with E-state index in [1.54, 1.807) is 19.1 Å². The highest BCUT2D eigenvalue weighted by Gasteiger charge is 2.05. The van der Waals surface area contributed by atoms with Crippen molar-refractivity contribution >= 4 is 0 Å².